The fraction of sp³-hybridized carbons (Fsp3) is 0.381. The molecule has 2 aromatic rings. The highest BCUT2D eigenvalue weighted by Gasteiger charge is 2.21. The van der Waals surface area contributed by atoms with Gasteiger partial charge in [0.1, 0.15) is 5.82 Å². The van der Waals surface area contributed by atoms with Crippen molar-refractivity contribution in [1.82, 2.24) is 9.88 Å². The number of nitrogens with zero attached hydrogens (tertiary/aromatic N) is 2. The number of benzene rings is 1. The average Bonchev–Trinajstić information content (AvgIpc) is 2.69. The van der Waals surface area contributed by atoms with Gasteiger partial charge < -0.3 is 20.9 Å². The van der Waals surface area contributed by atoms with E-state index < -0.39 is 0 Å². The van der Waals surface area contributed by atoms with E-state index >= 15 is 0 Å². The predicted octanol–water partition coefficient (Wildman–Crippen LogP) is 4.78. The SMILES string of the molecule is CC(=N)c1c(NCC2CCN(C)CC2)ncc(C(=O)Nc2ccc(Cl)cc2)c1Cl. The molecule has 6 nitrogen and oxygen atoms in total. The van der Waals surface area contributed by atoms with Gasteiger partial charge in [-0.15, -0.1) is 0 Å². The zero-order valence-corrected chi connectivity index (χ0v) is 18.1. The normalized spacial score (nSPS) is 15.2. The molecule has 1 aliphatic rings. The summed E-state index contributed by atoms with van der Waals surface area (Å²) in [4.78, 5) is 19.4. The first-order valence-corrected chi connectivity index (χ1v) is 10.3. The number of carbonyl (C=O) groups excluding carboxylic acids is 1. The lowest BCUT2D eigenvalue weighted by molar-refractivity contribution is 0.102. The molecule has 0 aliphatic carbocycles. The molecule has 3 rings (SSSR count). The first kappa shape index (κ1) is 21.6. The molecule has 1 fully saturated rings. The molecule has 1 amide bonds. The second kappa shape index (κ2) is 9.57. The van der Waals surface area contributed by atoms with Crippen LogP contribution in [0.4, 0.5) is 11.5 Å². The zero-order valence-electron chi connectivity index (χ0n) is 16.6. The summed E-state index contributed by atoms with van der Waals surface area (Å²) < 4.78 is 0. The first-order valence-electron chi connectivity index (χ1n) is 9.58. The van der Waals surface area contributed by atoms with Crippen LogP contribution in [0.15, 0.2) is 30.5 Å². The highest BCUT2D eigenvalue weighted by atomic mass is 35.5. The van der Waals surface area contributed by atoms with Gasteiger partial charge in [-0.05, 0) is 70.1 Å². The van der Waals surface area contributed by atoms with Crippen LogP contribution in [0.1, 0.15) is 35.7 Å². The fourth-order valence-electron chi connectivity index (χ4n) is 3.36. The van der Waals surface area contributed by atoms with Gasteiger partial charge in [0.2, 0.25) is 0 Å². The highest BCUT2D eigenvalue weighted by molar-refractivity contribution is 6.38. The van der Waals surface area contributed by atoms with Crippen molar-refractivity contribution in [2.75, 3.05) is 37.3 Å². The Morgan fingerprint density at radius 1 is 1.24 bits per heavy atom. The van der Waals surface area contributed by atoms with Gasteiger partial charge in [0.15, 0.2) is 0 Å². The molecule has 3 N–H and O–H groups in total. The molecular weight excluding hydrogens is 409 g/mol. The van der Waals surface area contributed by atoms with Crippen molar-refractivity contribution in [2.24, 2.45) is 5.92 Å². The Morgan fingerprint density at radius 2 is 1.90 bits per heavy atom. The van der Waals surface area contributed by atoms with Gasteiger partial charge >= 0.3 is 0 Å². The molecule has 2 heterocycles. The summed E-state index contributed by atoms with van der Waals surface area (Å²) >= 11 is 12.4. The molecule has 0 atom stereocenters. The number of pyridine rings is 1. The number of likely N-dealkylation sites (tertiary alicyclic amines) is 1. The number of rotatable bonds is 6. The van der Waals surface area contributed by atoms with Crippen LogP contribution in [0.2, 0.25) is 10.0 Å². The van der Waals surface area contributed by atoms with Gasteiger partial charge in [-0.25, -0.2) is 4.98 Å². The van der Waals surface area contributed by atoms with Crippen LogP contribution in [-0.4, -0.2) is 48.2 Å². The van der Waals surface area contributed by atoms with Crippen molar-refractivity contribution in [3.05, 3.63) is 51.6 Å². The number of aromatic nitrogens is 1. The lowest BCUT2D eigenvalue weighted by Crippen LogP contribution is -2.33. The lowest BCUT2D eigenvalue weighted by Gasteiger charge is -2.29. The molecule has 0 saturated carbocycles. The van der Waals surface area contributed by atoms with Crippen molar-refractivity contribution >= 4 is 46.3 Å². The molecule has 0 radical (unpaired) electrons. The van der Waals surface area contributed by atoms with E-state index in [1.807, 2.05) is 0 Å². The number of hydrogen-bond donors (Lipinski definition) is 3. The highest BCUT2D eigenvalue weighted by Crippen LogP contribution is 2.28. The Kier molecular flexibility index (Phi) is 7.11. The Labute approximate surface area is 181 Å². The maximum atomic E-state index is 12.7. The summed E-state index contributed by atoms with van der Waals surface area (Å²) in [5.41, 5.74) is 1.55. The van der Waals surface area contributed by atoms with E-state index in [-0.39, 0.29) is 22.2 Å². The Morgan fingerprint density at radius 3 is 2.52 bits per heavy atom. The molecular formula is C21H25Cl2N5O. The summed E-state index contributed by atoms with van der Waals surface area (Å²) in [5, 5.41) is 15.1. The Hall–Kier alpha value is -2.15. The van der Waals surface area contributed by atoms with Crippen LogP contribution in [0.3, 0.4) is 0 Å². The minimum Gasteiger partial charge on any atom is -0.369 e. The number of carbonyl (C=O) groups is 1. The Balaban J connectivity index is 1.76. The van der Waals surface area contributed by atoms with E-state index in [9.17, 15) is 4.79 Å². The predicted molar refractivity (Wildman–Crippen MR) is 120 cm³/mol. The van der Waals surface area contributed by atoms with E-state index in [2.05, 4.69) is 27.6 Å². The summed E-state index contributed by atoms with van der Waals surface area (Å²) in [7, 11) is 2.13. The second-order valence-electron chi connectivity index (χ2n) is 7.42. The molecule has 1 aromatic heterocycles. The lowest BCUT2D eigenvalue weighted by atomic mass is 9.97. The molecule has 1 aromatic carbocycles. The van der Waals surface area contributed by atoms with Gasteiger partial charge in [-0.2, -0.15) is 0 Å². The zero-order chi connectivity index (χ0) is 21.0. The molecule has 1 aliphatic heterocycles. The number of piperidine rings is 1. The van der Waals surface area contributed by atoms with Crippen LogP contribution in [0.5, 0.6) is 0 Å². The molecule has 154 valence electrons. The molecule has 1 saturated heterocycles. The van der Waals surface area contributed by atoms with E-state index in [0.29, 0.717) is 28.0 Å². The third kappa shape index (κ3) is 5.47. The van der Waals surface area contributed by atoms with Crippen molar-refractivity contribution in [1.29, 1.82) is 5.41 Å². The fourth-order valence-corrected chi connectivity index (χ4v) is 3.85. The maximum Gasteiger partial charge on any atom is 0.258 e. The topological polar surface area (TPSA) is 81.1 Å². The smallest absolute Gasteiger partial charge is 0.258 e. The van der Waals surface area contributed by atoms with Crippen molar-refractivity contribution in [2.45, 2.75) is 19.8 Å². The largest absolute Gasteiger partial charge is 0.369 e. The standard InChI is InChI=1S/C21H25Cl2N5O/c1-13(24)18-19(23)17(21(29)27-16-5-3-15(22)4-6-16)12-26-20(18)25-11-14-7-9-28(2)10-8-14/h3-6,12,14,24H,7-11H2,1-2H3,(H,25,26)(H,27,29). The van der Waals surface area contributed by atoms with Gasteiger partial charge in [-0.3, -0.25) is 4.79 Å². The van der Waals surface area contributed by atoms with Crippen LogP contribution in [-0.2, 0) is 0 Å². The minimum atomic E-state index is -0.380. The Bertz CT molecular complexity index is 893. The maximum absolute atomic E-state index is 12.7. The summed E-state index contributed by atoms with van der Waals surface area (Å²) in [6.07, 6.45) is 3.70. The van der Waals surface area contributed by atoms with Gasteiger partial charge in [-0.1, -0.05) is 23.2 Å². The third-order valence-electron chi connectivity index (χ3n) is 5.13. The second-order valence-corrected chi connectivity index (χ2v) is 8.24. The van der Waals surface area contributed by atoms with Gasteiger partial charge in [0.25, 0.3) is 5.91 Å². The number of amides is 1. The van der Waals surface area contributed by atoms with Gasteiger partial charge in [0, 0.05) is 29.2 Å². The molecule has 0 bridgehead atoms. The minimum absolute atomic E-state index is 0.227. The van der Waals surface area contributed by atoms with Crippen LogP contribution in [0.25, 0.3) is 0 Å². The van der Waals surface area contributed by atoms with E-state index in [1.54, 1.807) is 31.2 Å². The number of nitrogens with one attached hydrogen (secondary N) is 3. The third-order valence-corrected chi connectivity index (χ3v) is 5.78. The van der Waals surface area contributed by atoms with Crippen molar-refractivity contribution in [3.63, 3.8) is 0 Å². The van der Waals surface area contributed by atoms with Crippen LogP contribution < -0.4 is 10.6 Å². The summed E-state index contributed by atoms with van der Waals surface area (Å²) in [6.45, 7) is 4.58. The first-order chi connectivity index (χ1) is 13.8. The van der Waals surface area contributed by atoms with Crippen LogP contribution >= 0.6 is 23.2 Å². The molecule has 29 heavy (non-hydrogen) atoms. The summed E-state index contributed by atoms with van der Waals surface area (Å²) in [6, 6.07) is 6.81. The number of anilines is 2. The van der Waals surface area contributed by atoms with E-state index in [0.717, 1.165) is 32.5 Å². The quantitative estimate of drug-likeness (QED) is 0.572. The summed E-state index contributed by atoms with van der Waals surface area (Å²) in [5.74, 6) is 0.720. The monoisotopic (exact) mass is 433 g/mol. The molecule has 8 heteroatoms. The average molecular weight is 434 g/mol. The number of hydrogen-bond acceptors (Lipinski definition) is 5. The number of halogens is 2. The van der Waals surface area contributed by atoms with Gasteiger partial charge in [0.05, 0.1) is 16.1 Å². The van der Waals surface area contributed by atoms with Crippen molar-refractivity contribution in [3.8, 4) is 0 Å². The van der Waals surface area contributed by atoms with Crippen LogP contribution in [0, 0.1) is 11.3 Å². The van der Waals surface area contributed by atoms with E-state index in [4.69, 9.17) is 28.6 Å². The molecule has 0 unspecified atom stereocenters. The molecule has 0 spiro atoms. The van der Waals surface area contributed by atoms with Crippen molar-refractivity contribution < 1.29 is 4.79 Å². The van der Waals surface area contributed by atoms with E-state index in [1.165, 1.54) is 6.20 Å².